The van der Waals surface area contributed by atoms with Crippen molar-refractivity contribution in [2.24, 2.45) is 0 Å². The van der Waals surface area contributed by atoms with Crippen LogP contribution in [0, 0.1) is 6.92 Å². The van der Waals surface area contributed by atoms with E-state index in [0.717, 1.165) is 41.6 Å². The zero-order valence-corrected chi connectivity index (χ0v) is 23.5. The maximum absolute atomic E-state index is 13.5. The number of carbonyl (C=O) groups is 1. The number of unbranched alkanes of at least 4 members (excludes halogenated alkanes) is 1. The third kappa shape index (κ3) is 7.24. The van der Waals surface area contributed by atoms with E-state index in [4.69, 9.17) is 4.98 Å². The number of hydrogen-bond donors (Lipinski definition) is 0. The number of carbonyl (C=O) groups excluding carboxylic acids is 1. The second-order valence-electron chi connectivity index (χ2n) is 8.79. The number of nitrogens with zero attached hydrogens (tertiary/aromatic N) is 4. The Morgan fingerprint density at radius 1 is 0.971 bits per heavy atom. The van der Waals surface area contributed by atoms with Crippen molar-refractivity contribution < 1.29 is 13.2 Å². The summed E-state index contributed by atoms with van der Waals surface area (Å²) < 4.78 is 28.1. The predicted molar refractivity (Wildman–Crippen MR) is 148 cm³/mol. The van der Waals surface area contributed by atoms with Gasteiger partial charge in [0.1, 0.15) is 0 Å². The number of hydrogen-bond acceptors (Lipinski definition) is 6. The Morgan fingerprint density at radius 3 is 2.29 bits per heavy atom. The van der Waals surface area contributed by atoms with Crippen LogP contribution in [0.5, 0.6) is 0 Å². The Labute approximate surface area is 219 Å². The van der Waals surface area contributed by atoms with E-state index < -0.39 is 10.0 Å². The molecule has 7 nitrogen and oxygen atoms in total. The fraction of sp³-hybridized carbons (Fsp3) is 0.440. The minimum atomic E-state index is -3.58. The third-order valence-electron chi connectivity index (χ3n) is 5.63. The van der Waals surface area contributed by atoms with Crippen LogP contribution in [-0.4, -0.2) is 69.3 Å². The maximum atomic E-state index is 13.5. The van der Waals surface area contributed by atoms with Gasteiger partial charge in [-0.2, -0.15) is 0 Å². The third-order valence-corrected chi connectivity index (χ3v) is 8.54. The van der Waals surface area contributed by atoms with Crippen LogP contribution in [0.25, 0.3) is 10.2 Å². The van der Waals surface area contributed by atoms with E-state index in [-0.39, 0.29) is 23.2 Å². The molecule has 0 saturated carbocycles. The van der Waals surface area contributed by atoms with Crippen LogP contribution in [-0.2, 0) is 10.0 Å². The van der Waals surface area contributed by atoms with E-state index in [1.807, 2.05) is 40.1 Å². The van der Waals surface area contributed by atoms with E-state index in [1.54, 1.807) is 24.1 Å². The SMILES string of the molecule is CCCCN(C)S(=O)(=O)c1ccc(C(=O)N(CCCN(C)C)c2nc3ccc(C)cc3s2)cc1.Cl. The second-order valence-corrected chi connectivity index (χ2v) is 11.8. The number of fused-ring (bicyclic) bond motifs is 1. The number of anilines is 1. The van der Waals surface area contributed by atoms with E-state index in [9.17, 15) is 13.2 Å². The van der Waals surface area contributed by atoms with Crippen molar-refractivity contribution in [1.82, 2.24) is 14.2 Å². The number of rotatable bonds is 11. The van der Waals surface area contributed by atoms with Crippen LogP contribution in [0.1, 0.15) is 42.1 Å². The van der Waals surface area contributed by atoms with Gasteiger partial charge in [-0.3, -0.25) is 9.69 Å². The lowest BCUT2D eigenvalue weighted by molar-refractivity contribution is 0.0986. The Hall–Kier alpha value is -2.04. The van der Waals surface area contributed by atoms with Gasteiger partial charge in [-0.1, -0.05) is 30.7 Å². The number of aromatic nitrogens is 1. The molecule has 0 atom stereocenters. The molecule has 0 aliphatic rings. The molecule has 35 heavy (non-hydrogen) atoms. The summed E-state index contributed by atoms with van der Waals surface area (Å²) in [6.45, 7) is 5.90. The molecule has 3 aromatic rings. The van der Waals surface area contributed by atoms with Crippen LogP contribution in [0.4, 0.5) is 5.13 Å². The van der Waals surface area contributed by atoms with Crippen molar-refractivity contribution >= 4 is 55.0 Å². The molecule has 3 rings (SSSR count). The molecule has 10 heteroatoms. The molecule has 1 aromatic heterocycles. The quantitative estimate of drug-likeness (QED) is 0.342. The summed E-state index contributed by atoms with van der Waals surface area (Å²) >= 11 is 1.50. The van der Waals surface area contributed by atoms with Crippen LogP contribution in [0.3, 0.4) is 0 Å². The second kappa shape index (κ2) is 12.8. The maximum Gasteiger partial charge on any atom is 0.260 e. The summed E-state index contributed by atoms with van der Waals surface area (Å²) in [5.74, 6) is -0.183. The fourth-order valence-electron chi connectivity index (χ4n) is 3.57. The minimum Gasteiger partial charge on any atom is -0.309 e. The Morgan fingerprint density at radius 2 is 1.66 bits per heavy atom. The summed E-state index contributed by atoms with van der Waals surface area (Å²) in [5.41, 5.74) is 2.46. The predicted octanol–water partition coefficient (Wildman–Crippen LogP) is 5.05. The van der Waals surface area contributed by atoms with Crippen molar-refractivity contribution in [1.29, 1.82) is 0 Å². The highest BCUT2D eigenvalue weighted by Gasteiger charge is 2.24. The number of aryl methyl sites for hydroxylation is 1. The summed E-state index contributed by atoms with van der Waals surface area (Å²) in [6, 6.07) is 12.3. The highest BCUT2D eigenvalue weighted by Crippen LogP contribution is 2.31. The lowest BCUT2D eigenvalue weighted by atomic mass is 10.2. The highest BCUT2D eigenvalue weighted by atomic mass is 35.5. The lowest BCUT2D eigenvalue weighted by Crippen LogP contribution is -2.33. The van der Waals surface area contributed by atoms with E-state index in [2.05, 4.69) is 11.0 Å². The molecule has 192 valence electrons. The molecule has 0 saturated heterocycles. The van der Waals surface area contributed by atoms with Gasteiger partial charge in [0, 0.05) is 25.7 Å². The molecule has 2 aromatic carbocycles. The largest absolute Gasteiger partial charge is 0.309 e. The molecular formula is C25H35ClN4O3S2. The lowest BCUT2D eigenvalue weighted by Gasteiger charge is -2.21. The summed E-state index contributed by atoms with van der Waals surface area (Å²) in [6.07, 6.45) is 2.51. The molecule has 0 aliphatic carbocycles. The van der Waals surface area contributed by atoms with Crippen molar-refractivity contribution in [2.45, 2.75) is 38.0 Å². The fourth-order valence-corrected chi connectivity index (χ4v) is 5.87. The van der Waals surface area contributed by atoms with Gasteiger partial charge in [-0.25, -0.2) is 17.7 Å². The van der Waals surface area contributed by atoms with Crippen LogP contribution < -0.4 is 4.90 Å². The van der Waals surface area contributed by atoms with Gasteiger partial charge in [0.2, 0.25) is 10.0 Å². The van der Waals surface area contributed by atoms with Gasteiger partial charge in [-0.15, -0.1) is 12.4 Å². The molecule has 0 aliphatic heterocycles. The molecule has 0 N–H and O–H groups in total. The molecule has 0 unspecified atom stereocenters. The van der Waals surface area contributed by atoms with E-state index >= 15 is 0 Å². The standard InChI is InChI=1S/C25H34N4O3S2.ClH/c1-6-7-16-28(5)34(31,32)21-12-10-20(11-13-21)24(30)29(17-8-15-27(3)4)25-26-22-14-9-19(2)18-23(22)33-25;/h9-14,18H,6-8,15-17H2,1-5H3;1H. The number of thiazole rings is 1. The van der Waals surface area contributed by atoms with Gasteiger partial charge >= 0.3 is 0 Å². The Balaban J connectivity index is 0.00000432. The van der Waals surface area contributed by atoms with Crippen molar-refractivity contribution in [3.8, 4) is 0 Å². The Bertz CT molecular complexity index is 1230. The zero-order valence-electron chi connectivity index (χ0n) is 21.0. The average Bonchev–Trinajstić information content (AvgIpc) is 3.22. The molecule has 0 spiro atoms. The first-order valence-electron chi connectivity index (χ1n) is 11.5. The average molecular weight is 539 g/mol. The van der Waals surface area contributed by atoms with Crippen LogP contribution in [0.15, 0.2) is 47.4 Å². The van der Waals surface area contributed by atoms with Gasteiger partial charge in [0.05, 0.1) is 15.1 Å². The molecular weight excluding hydrogens is 504 g/mol. The topological polar surface area (TPSA) is 73.8 Å². The summed E-state index contributed by atoms with van der Waals surface area (Å²) in [7, 11) is 2.02. The first-order chi connectivity index (χ1) is 16.1. The van der Waals surface area contributed by atoms with Crippen LogP contribution in [0.2, 0.25) is 0 Å². The molecule has 0 bridgehead atoms. The minimum absolute atomic E-state index is 0. The molecule has 1 heterocycles. The molecule has 0 radical (unpaired) electrons. The normalized spacial score (nSPS) is 11.7. The van der Waals surface area contributed by atoms with Gasteiger partial charge in [0.15, 0.2) is 5.13 Å². The van der Waals surface area contributed by atoms with Gasteiger partial charge in [-0.05, 0) is 82.4 Å². The summed E-state index contributed by atoms with van der Waals surface area (Å²) in [4.78, 5) is 22.2. The smallest absolute Gasteiger partial charge is 0.260 e. The Kier molecular flexibility index (Phi) is 10.7. The van der Waals surface area contributed by atoms with Gasteiger partial charge < -0.3 is 4.90 Å². The number of sulfonamides is 1. The molecule has 0 fully saturated rings. The molecule has 1 amide bonds. The first kappa shape index (κ1) is 29.2. The highest BCUT2D eigenvalue weighted by molar-refractivity contribution is 7.89. The van der Waals surface area contributed by atoms with E-state index in [0.29, 0.717) is 23.8 Å². The number of halogens is 1. The van der Waals surface area contributed by atoms with Crippen LogP contribution >= 0.6 is 23.7 Å². The zero-order chi connectivity index (χ0) is 24.9. The van der Waals surface area contributed by atoms with E-state index in [1.165, 1.54) is 27.8 Å². The van der Waals surface area contributed by atoms with Crippen molar-refractivity contribution in [3.63, 3.8) is 0 Å². The monoisotopic (exact) mass is 538 g/mol. The summed E-state index contributed by atoms with van der Waals surface area (Å²) in [5, 5.41) is 0.653. The number of amides is 1. The van der Waals surface area contributed by atoms with Crippen molar-refractivity contribution in [2.75, 3.05) is 45.7 Å². The number of benzene rings is 2. The van der Waals surface area contributed by atoms with Gasteiger partial charge in [0.25, 0.3) is 5.91 Å². The van der Waals surface area contributed by atoms with Crippen molar-refractivity contribution in [3.05, 3.63) is 53.6 Å². The first-order valence-corrected chi connectivity index (χ1v) is 13.8.